The Morgan fingerprint density at radius 3 is 2.95 bits per heavy atom. The molecule has 0 saturated carbocycles. The molecule has 0 fully saturated rings. The Hall–Kier alpha value is -2.21. The summed E-state index contributed by atoms with van der Waals surface area (Å²) >= 11 is 1.67. The van der Waals surface area contributed by atoms with Gasteiger partial charge in [0.15, 0.2) is 0 Å². The van der Waals surface area contributed by atoms with Gasteiger partial charge in [0.25, 0.3) is 0 Å². The number of hydrogen-bond acceptors (Lipinski definition) is 5. The van der Waals surface area contributed by atoms with E-state index in [-0.39, 0.29) is 0 Å². The number of pyridine rings is 1. The normalized spacial score (nSPS) is 10.7. The van der Waals surface area contributed by atoms with Crippen molar-refractivity contribution in [2.45, 2.75) is 13.0 Å². The third-order valence-corrected chi connectivity index (χ3v) is 3.73. The Morgan fingerprint density at radius 2 is 2.16 bits per heavy atom. The van der Waals surface area contributed by atoms with Crippen LogP contribution in [0.3, 0.4) is 0 Å². The van der Waals surface area contributed by atoms with E-state index in [1.54, 1.807) is 29.8 Å². The standard InChI is InChI=1S/C13H13N5S/c14-11-1-3-15-7-10(11)12-8-16-9-18(12)5-2-13-17-4-6-19-13/h1,3-4,6-9H,2,5H2,(H2,14,15). The highest BCUT2D eigenvalue weighted by molar-refractivity contribution is 7.09. The quantitative estimate of drug-likeness (QED) is 0.790. The molecule has 0 spiro atoms. The van der Waals surface area contributed by atoms with Crippen molar-refractivity contribution in [3.63, 3.8) is 0 Å². The average molecular weight is 271 g/mol. The fourth-order valence-corrected chi connectivity index (χ4v) is 2.54. The van der Waals surface area contributed by atoms with Gasteiger partial charge < -0.3 is 10.3 Å². The number of aromatic nitrogens is 4. The fraction of sp³-hybridized carbons (Fsp3) is 0.154. The van der Waals surface area contributed by atoms with Crippen molar-refractivity contribution in [3.05, 3.63) is 47.6 Å². The largest absolute Gasteiger partial charge is 0.398 e. The van der Waals surface area contributed by atoms with Crippen LogP contribution >= 0.6 is 11.3 Å². The molecule has 0 atom stereocenters. The van der Waals surface area contributed by atoms with E-state index in [1.165, 1.54) is 0 Å². The highest BCUT2D eigenvalue weighted by Gasteiger charge is 2.08. The molecule has 0 amide bonds. The summed E-state index contributed by atoms with van der Waals surface area (Å²) in [7, 11) is 0. The van der Waals surface area contributed by atoms with Crippen LogP contribution in [-0.4, -0.2) is 19.5 Å². The van der Waals surface area contributed by atoms with E-state index in [2.05, 4.69) is 19.5 Å². The van der Waals surface area contributed by atoms with Gasteiger partial charge in [-0.1, -0.05) is 0 Å². The van der Waals surface area contributed by atoms with E-state index in [0.717, 1.165) is 29.2 Å². The first kappa shape index (κ1) is 11.9. The van der Waals surface area contributed by atoms with Crippen LogP contribution < -0.4 is 5.73 Å². The number of aryl methyl sites for hydroxylation is 2. The Balaban J connectivity index is 1.84. The molecule has 0 radical (unpaired) electrons. The lowest BCUT2D eigenvalue weighted by molar-refractivity contribution is 0.699. The summed E-state index contributed by atoms with van der Waals surface area (Å²) in [6.07, 6.45) is 9.81. The van der Waals surface area contributed by atoms with E-state index in [9.17, 15) is 0 Å². The third-order valence-electron chi connectivity index (χ3n) is 2.89. The topological polar surface area (TPSA) is 69.6 Å². The zero-order chi connectivity index (χ0) is 13.1. The van der Waals surface area contributed by atoms with Gasteiger partial charge in [-0.25, -0.2) is 9.97 Å². The van der Waals surface area contributed by atoms with Gasteiger partial charge in [0.1, 0.15) is 0 Å². The minimum absolute atomic E-state index is 0.714. The van der Waals surface area contributed by atoms with Crippen molar-refractivity contribution >= 4 is 17.0 Å². The Morgan fingerprint density at radius 1 is 1.21 bits per heavy atom. The average Bonchev–Trinajstić information content (AvgIpc) is 3.08. The molecule has 0 aromatic carbocycles. The second-order valence-electron chi connectivity index (χ2n) is 4.11. The number of anilines is 1. The maximum atomic E-state index is 5.98. The zero-order valence-corrected chi connectivity index (χ0v) is 11.0. The predicted octanol–water partition coefficient (Wildman–Crippen LogP) is 2.23. The smallest absolute Gasteiger partial charge is 0.0951 e. The van der Waals surface area contributed by atoms with Crippen molar-refractivity contribution in [3.8, 4) is 11.3 Å². The van der Waals surface area contributed by atoms with Gasteiger partial charge in [0.2, 0.25) is 0 Å². The van der Waals surface area contributed by atoms with Crippen molar-refractivity contribution < 1.29 is 0 Å². The first-order valence-corrected chi connectivity index (χ1v) is 6.81. The maximum Gasteiger partial charge on any atom is 0.0951 e. The van der Waals surface area contributed by atoms with Crippen LogP contribution in [0.1, 0.15) is 5.01 Å². The van der Waals surface area contributed by atoms with Crippen molar-refractivity contribution in [2.24, 2.45) is 0 Å². The van der Waals surface area contributed by atoms with Crippen LogP contribution in [0, 0.1) is 0 Å². The van der Waals surface area contributed by atoms with Crippen LogP contribution in [0.5, 0.6) is 0 Å². The van der Waals surface area contributed by atoms with Gasteiger partial charge in [0, 0.05) is 48.2 Å². The van der Waals surface area contributed by atoms with E-state index in [0.29, 0.717) is 5.69 Å². The van der Waals surface area contributed by atoms with Gasteiger partial charge in [-0.05, 0) is 6.07 Å². The lowest BCUT2D eigenvalue weighted by Crippen LogP contribution is -2.03. The van der Waals surface area contributed by atoms with E-state index in [4.69, 9.17) is 5.73 Å². The summed E-state index contributed by atoms with van der Waals surface area (Å²) in [5.74, 6) is 0. The lowest BCUT2D eigenvalue weighted by Gasteiger charge is -2.08. The molecule has 96 valence electrons. The molecule has 3 rings (SSSR count). The molecular weight excluding hydrogens is 258 g/mol. The number of nitrogen functional groups attached to an aromatic ring is 1. The van der Waals surface area contributed by atoms with Crippen LogP contribution in [0.2, 0.25) is 0 Å². The molecule has 0 bridgehead atoms. The molecule has 2 N–H and O–H groups in total. The molecule has 5 nitrogen and oxygen atoms in total. The molecule has 3 heterocycles. The number of nitrogens with zero attached hydrogens (tertiary/aromatic N) is 4. The Labute approximate surface area is 114 Å². The predicted molar refractivity (Wildman–Crippen MR) is 75.7 cm³/mol. The fourth-order valence-electron chi connectivity index (χ4n) is 1.93. The third kappa shape index (κ3) is 2.48. The highest BCUT2D eigenvalue weighted by atomic mass is 32.1. The lowest BCUT2D eigenvalue weighted by atomic mass is 10.2. The second-order valence-corrected chi connectivity index (χ2v) is 5.09. The summed E-state index contributed by atoms with van der Waals surface area (Å²) in [5, 5.41) is 3.11. The molecule has 0 aliphatic carbocycles. The molecular formula is C13H13N5S. The van der Waals surface area contributed by atoms with E-state index in [1.807, 2.05) is 24.1 Å². The Bertz CT molecular complexity index is 659. The van der Waals surface area contributed by atoms with Gasteiger partial charge in [-0.3, -0.25) is 4.98 Å². The number of rotatable bonds is 4. The maximum absolute atomic E-state index is 5.98. The first-order chi connectivity index (χ1) is 9.34. The highest BCUT2D eigenvalue weighted by Crippen LogP contribution is 2.24. The van der Waals surface area contributed by atoms with Gasteiger partial charge in [-0.2, -0.15) is 0 Å². The zero-order valence-electron chi connectivity index (χ0n) is 10.2. The molecule has 0 aliphatic rings. The summed E-state index contributed by atoms with van der Waals surface area (Å²) in [6, 6.07) is 1.80. The van der Waals surface area contributed by atoms with Crippen molar-refractivity contribution in [1.82, 2.24) is 19.5 Å². The summed E-state index contributed by atoms with van der Waals surface area (Å²) in [4.78, 5) is 12.6. The molecule has 6 heteroatoms. The SMILES string of the molecule is Nc1ccncc1-c1cncn1CCc1nccs1. The minimum Gasteiger partial charge on any atom is -0.398 e. The summed E-state index contributed by atoms with van der Waals surface area (Å²) in [6.45, 7) is 0.831. The van der Waals surface area contributed by atoms with E-state index < -0.39 is 0 Å². The molecule has 3 aromatic heterocycles. The van der Waals surface area contributed by atoms with Gasteiger partial charge in [0.05, 0.1) is 23.2 Å². The van der Waals surface area contributed by atoms with Crippen LogP contribution in [0.4, 0.5) is 5.69 Å². The number of nitrogens with two attached hydrogens (primary N) is 1. The molecule has 3 aromatic rings. The van der Waals surface area contributed by atoms with Crippen LogP contribution in [0.25, 0.3) is 11.3 Å². The van der Waals surface area contributed by atoms with Crippen molar-refractivity contribution in [2.75, 3.05) is 5.73 Å². The second kappa shape index (κ2) is 5.19. The van der Waals surface area contributed by atoms with Crippen LogP contribution in [0.15, 0.2) is 42.6 Å². The molecule has 0 aliphatic heterocycles. The monoisotopic (exact) mass is 271 g/mol. The number of imidazole rings is 1. The van der Waals surface area contributed by atoms with Gasteiger partial charge >= 0.3 is 0 Å². The number of hydrogen-bond donors (Lipinski definition) is 1. The molecule has 0 unspecified atom stereocenters. The Kier molecular flexibility index (Phi) is 3.24. The first-order valence-electron chi connectivity index (χ1n) is 5.93. The molecule has 19 heavy (non-hydrogen) atoms. The van der Waals surface area contributed by atoms with E-state index >= 15 is 0 Å². The summed E-state index contributed by atoms with van der Waals surface area (Å²) < 4.78 is 2.08. The van der Waals surface area contributed by atoms with Crippen LogP contribution in [-0.2, 0) is 13.0 Å². The molecule has 0 saturated heterocycles. The minimum atomic E-state index is 0.714. The number of thiazole rings is 1. The van der Waals surface area contributed by atoms with Gasteiger partial charge in [-0.15, -0.1) is 11.3 Å². The summed E-state index contributed by atoms with van der Waals surface area (Å²) in [5.41, 5.74) is 8.60. The van der Waals surface area contributed by atoms with Crippen molar-refractivity contribution in [1.29, 1.82) is 0 Å².